The van der Waals surface area contributed by atoms with Crippen molar-refractivity contribution in [3.8, 4) is 0 Å². The van der Waals surface area contributed by atoms with E-state index in [0.717, 1.165) is 17.7 Å². The number of rotatable bonds is 7. The van der Waals surface area contributed by atoms with Gasteiger partial charge in [0.25, 0.3) is 0 Å². The maximum atomic E-state index is 12.1. The fourth-order valence-electron chi connectivity index (χ4n) is 2.07. The van der Waals surface area contributed by atoms with E-state index in [-0.39, 0.29) is 22.8 Å². The molecule has 0 bridgehead atoms. The molecule has 0 saturated carbocycles. The average molecular weight is 347 g/mol. The summed E-state index contributed by atoms with van der Waals surface area (Å²) in [5.74, 6) is 0.864. The quantitative estimate of drug-likeness (QED) is 0.803. The molecule has 1 atom stereocenters. The topological polar surface area (TPSA) is 84.2 Å². The molecule has 0 aliphatic rings. The first-order valence-electron chi connectivity index (χ1n) is 7.73. The highest BCUT2D eigenvalue weighted by molar-refractivity contribution is 8.01. The molecule has 1 heterocycles. The van der Waals surface area contributed by atoms with Gasteiger partial charge in [0.15, 0.2) is 5.82 Å². The molecule has 0 fully saturated rings. The molecule has 0 aliphatic carbocycles. The molecule has 0 saturated heterocycles. The minimum absolute atomic E-state index is 0.127. The van der Waals surface area contributed by atoms with Crippen LogP contribution in [0.2, 0.25) is 0 Å². The molecular weight excluding hydrogens is 326 g/mol. The number of nitrogens with zero attached hydrogens (tertiary/aromatic N) is 1. The molecule has 6 nitrogen and oxygen atoms in total. The maximum Gasteiger partial charge on any atom is 0.238 e. The van der Waals surface area contributed by atoms with E-state index >= 15 is 0 Å². The van der Waals surface area contributed by atoms with Crippen LogP contribution < -0.4 is 10.6 Å². The zero-order valence-corrected chi connectivity index (χ0v) is 14.8. The molecule has 0 spiro atoms. The third kappa shape index (κ3) is 5.13. The van der Waals surface area contributed by atoms with Gasteiger partial charge < -0.3 is 15.2 Å². The molecule has 24 heavy (non-hydrogen) atoms. The van der Waals surface area contributed by atoms with Gasteiger partial charge in [0.1, 0.15) is 5.76 Å². The van der Waals surface area contributed by atoms with E-state index in [1.165, 1.54) is 11.8 Å². The number of hydrogen-bond acceptors (Lipinski definition) is 5. The summed E-state index contributed by atoms with van der Waals surface area (Å²) < 4.78 is 4.90. The molecule has 1 aromatic heterocycles. The predicted octanol–water partition coefficient (Wildman–Crippen LogP) is 3.24. The zero-order chi connectivity index (χ0) is 17.5. The van der Waals surface area contributed by atoms with Crippen molar-refractivity contribution in [2.45, 2.75) is 32.4 Å². The van der Waals surface area contributed by atoms with Gasteiger partial charge >= 0.3 is 0 Å². The van der Waals surface area contributed by atoms with Crippen molar-refractivity contribution >= 4 is 35.1 Å². The second-order valence-electron chi connectivity index (χ2n) is 5.32. The predicted molar refractivity (Wildman–Crippen MR) is 96.2 cm³/mol. The minimum Gasteiger partial charge on any atom is -0.360 e. The van der Waals surface area contributed by atoms with Crippen molar-refractivity contribution in [3.63, 3.8) is 0 Å². The third-order valence-electron chi connectivity index (χ3n) is 3.39. The molecule has 2 rings (SSSR count). The molecule has 2 aromatic rings. The van der Waals surface area contributed by atoms with Crippen LogP contribution in [0.5, 0.6) is 0 Å². The SMILES string of the molecule is CCc1ccccc1NC(=O)CSC(C)C(=O)Nc1cc(C)on1. The lowest BCUT2D eigenvalue weighted by Crippen LogP contribution is -2.25. The summed E-state index contributed by atoms with van der Waals surface area (Å²) >= 11 is 1.27. The lowest BCUT2D eigenvalue weighted by molar-refractivity contribution is -0.115. The number of benzene rings is 1. The Hall–Kier alpha value is -2.28. The van der Waals surface area contributed by atoms with Gasteiger partial charge in [-0.1, -0.05) is 30.3 Å². The largest absolute Gasteiger partial charge is 0.360 e. The first kappa shape index (κ1) is 18.1. The van der Waals surface area contributed by atoms with Crippen LogP contribution in [-0.2, 0) is 16.0 Å². The number of carbonyl (C=O) groups is 2. The van der Waals surface area contributed by atoms with E-state index < -0.39 is 0 Å². The first-order chi connectivity index (χ1) is 11.5. The normalized spacial score (nSPS) is 11.8. The lowest BCUT2D eigenvalue weighted by Gasteiger charge is -2.12. The second-order valence-corrected chi connectivity index (χ2v) is 6.65. The maximum absolute atomic E-state index is 12.1. The van der Waals surface area contributed by atoms with E-state index in [1.54, 1.807) is 19.9 Å². The van der Waals surface area contributed by atoms with Crippen molar-refractivity contribution < 1.29 is 14.1 Å². The summed E-state index contributed by atoms with van der Waals surface area (Å²) in [7, 11) is 0. The fraction of sp³-hybridized carbons (Fsp3) is 0.353. The Labute approximate surface area is 145 Å². The van der Waals surface area contributed by atoms with Crippen LogP contribution in [0.1, 0.15) is 25.2 Å². The minimum atomic E-state index is -0.380. The van der Waals surface area contributed by atoms with Crippen molar-refractivity contribution in [1.82, 2.24) is 5.16 Å². The summed E-state index contributed by atoms with van der Waals surface area (Å²) in [6, 6.07) is 9.34. The number of aromatic nitrogens is 1. The van der Waals surface area contributed by atoms with Gasteiger partial charge in [0.05, 0.1) is 11.0 Å². The molecule has 128 valence electrons. The Morgan fingerprint density at radius 2 is 2.04 bits per heavy atom. The number of aryl methyl sites for hydroxylation is 2. The number of thioether (sulfide) groups is 1. The third-order valence-corrected chi connectivity index (χ3v) is 4.53. The van der Waals surface area contributed by atoms with Crippen LogP contribution in [0.15, 0.2) is 34.9 Å². The van der Waals surface area contributed by atoms with Crippen LogP contribution >= 0.6 is 11.8 Å². The molecule has 1 unspecified atom stereocenters. The van der Waals surface area contributed by atoms with E-state index in [4.69, 9.17) is 4.52 Å². The van der Waals surface area contributed by atoms with Gasteiger partial charge in [-0.15, -0.1) is 11.8 Å². The van der Waals surface area contributed by atoms with Crippen LogP contribution in [0, 0.1) is 6.92 Å². The number of hydrogen-bond donors (Lipinski definition) is 2. The van der Waals surface area contributed by atoms with E-state index in [0.29, 0.717) is 11.6 Å². The van der Waals surface area contributed by atoms with Crippen molar-refractivity contribution in [3.05, 3.63) is 41.7 Å². The number of nitrogens with one attached hydrogen (secondary N) is 2. The number of para-hydroxylation sites is 1. The Morgan fingerprint density at radius 3 is 2.71 bits per heavy atom. The molecule has 2 N–H and O–H groups in total. The standard InChI is InChI=1S/C17H21N3O3S/c1-4-13-7-5-6-8-14(13)18-16(21)10-24-12(3)17(22)19-15-9-11(2)23-20-15/h5-9,12H,4,10H2,1-3H3,(H,18,21)(H,19,20,22). The number of carbonyl (C=O) groups excluding carboxylic acids is 2. The molecule has 0 radical (unpaired) electrons. The van der Waals surface area contributed by atoms with Gasteiger partial charge in [-0.25, -0.2) is 0 Å². The van der Waals surface area contributed by atoms with Crippen LogP contribution in [0.3, 0.4) is 0 Å². The molecule has 0 aliphatic heterocycles. The zero-order valence-electron chi connectivity index (χ0n) is 14.0. The van der Waals surface area contributed by atoms with Crippen molar-refractivity contribution in [1.29, 1.82) is 0 Å². The fourth-order valence-corrected chi connectivity index (χ4v) is 2.75. The van der Waals surface area contributed by atoms with Crippen LogP contribution in [0.4, 0.5) is 11.5 Å². The summed E-state index contributed by atoms with van der Waals surface area (Å²) in [5, 5.41) is 8.88. The van der Waals surface area contributed by atoms with Gasteiger partial charge in [0, 0.05) is 11.8 Å². The summed E-state index contributed by atoms with van der Waals surface area (Å²) in [6.07, 6.45) is 0.847. The van der Waals surface area contributed by atoms with E-state index in [2.05, 4.69) is 15.8 Å². The number of amides is 2. The summed E-state index contributed by atoms with van der Waals surface area (Å²) in [6.45, 7) is 5.54. The van der Waals surface area contributed by atoms with Crippen molar-refractivity contribution in [2.75, 3.05) is 16.4 Å². The average Bonchev–Trinajstić information content (AvgIpc) is 2.98. The summed E-state index contributed by atoms with van der Waals surface area (Å²) in [5.41, 5.74) is 1.91. The Balaban J connectivity index is 1.81. The van der Waals surface area contributed by atoms with E-state index in [1.807, 2.05) is 31.2 Å². The smallest absolute Gasteiger partial charge is 0.238 e. The Bertz CT molecular complexity index is 715. The van der Waals surface area contributed by atoms with Gasteiger partial charge in [-0.05, 0) is 31.9 Å². The highest BCUT2D eigenvalue weighted by atomic mass is 32.2. The molecular formula is C17H21N3O3S. The monoisotopic (exact) mass is 347 g/mol. The molecule has 7 heteroatoms. The first-order valence-corrected chi connectivity index (χ1v) is 8.78. The van der Waals surface area contributed by atoms with Gasteiger partial charge in [-0.2, -0.15) is 0 Å². The van der Waals surface area contributed by atoms with Gasteiger partial charge in [-0.3, -0.25) is 9.59 Å². The molecule has 1 aromatic carbocycles. The molecule has 2 amide bonds. The second kappa shape index (κ2) is 8.54. The van der Waals surface area contributed by atoms with Gasteiger partial charge in [0.2, 0.25) is 11.8 Å². The Morgan fingerprint density at radius 1 is 1.29 bits per heavy atom. The summed E-state index contributed by atoms with van der Waals surface area (Å²) in [4.78, 5) is 24.1. The Kier molecular flexibility index (Phi) is 6.43. The van der Waals surface area contributed by atoms with Crippen LogP contribution in [0.25, 0.3) is 0 Å². The highest BCUT2D eigenvalue weighted by Crippen LogP contribution is 2.18. The van der Waals surface area contributed by atoms with E-state index in [9.17, 15) is 9.59 Å². The highest BCUT2D eigenvalue weighted by Gasteiger charge is 2.17. The van der Waals surface area contributed by atoms with Crippen molar-refractivity contribution in [2.24, 2.45) is 0 Å². The van der Waals surface area contributed by atoms with Crippen LogP contribution in [-0.4, -0.2) is 28.0 Å². The number of anilines is 2. The lowest BCUT2D eigenvalue weighted by atomic mass is 10.1.